The summed E-state index contributed by atoms with van der Waals surface area (Å²) < 4.78 is 0. The van der Waals surface area contributed by atoms with Crippen molar-refractivity contribution in [3.8, 4) is 0 Å². The fourth-order valence-corrected chi connectivity index (χ4v) is 3.33. The Labute approximate surface area is 181 Å². The van der Waals surface area contributed by atoms with Crippen molar-refractivity contribution < 1.29 is 4.79 Å². The number of carbonyl (C=O) groups excluding carboxylic acids is 1. The molecule has 0 aliphatic rings. The van der Waals surface area contributed by atoms with Gasteiger partial charge in [0.15, 0.2) is 0 Å². The van der Waals surface area contributed by atoms with Gasteiger partial charge in [0.2, 0.25) is 11.9 Å². The van der Waals surface area contributed by atoms with E-state index in [4.69, 9.17) is 0 Å². The molecule has 2 atom stereocenters. The first kappa shape index (κ1) is 23.6. The molecular formula is C24H37N5O. The van der Waals surface area contributed by atoms with Gasteiger partial charge in [0.1, 0.15) is 11.9 Å². The van der Waals surface area contributed by atoms with E-state index < -0.39 is 0 Å². The number of hydrogen-bond donors (Lipinski definition) is 3. The molecule has 0 aliphatic carbocycles. The van der Waals surface area contributed by atoms with E-state index in [9.17, 15) is 4.79 Å². The number of hydrogen-bond acceptors (Lipinski definition) is 5. The summed E-state index contributed by atoms with van der Waals surface area (Å²) in [6.07, 6.45) is 2.87. The lowest BCUT2D eigenvalue weighted by Crippen LogP contribution is -2.40. The van der Waals surface area contributed by atoms with Crippen LogP contribution in [0.15, 0.2) is 30.3 Å². The van der Waals surface area contributed by atoms with Gasteiger partial charge in [-0.05, 0) is 45.1 Å². The molecule has 0 radical (unpaired) electrons. The number of anilines is 2. The van der Waals surface area contributed by atoms with Crippen molar-refractivity contribution in [3.05, 3.63) is 47.2 Å². The van der Waals surface area contributed by atoms with Crippen LogP contribution >= 0.6 is 0 Å². The molecular weight excluding hydrogens is 374 g/mol. The monoisotopic (exact) mass is 411 g/mol. The zero-order valence-corrected chi connectivity index (χ0v) is 19.2. The van der Waals surface area contributed by atoms with E-state index in [1.54, 1.807) is 0 Å². The van der Waals surface area contributed by atoms with Gasteiger partial charge in [0, 0.05) is 24.3 Å². The number of benzene rings is 1. The lowest BCUT2D eigenvalue weighted by atomic mass is 10.0. The maximum atomic E-state index is 12.9. The summed E-state index contributed by atoms with van der Waals surface area (Å²) in [5.74, 6) is 1.62. The Bertz CT molecular complexity index is 804. The van der Waals surface area contributed by atoms with Gasteiger partial charge < -0.3 is 16.0 Å². The van der Waals surface area contributed by atoms with Gasteiger partial charge in [0.25, 0.3) is 0 Å². The lowest BCUT2D eigenvalue weighted by Gasteiger charge is -2.21. The molecule has 6 heteroatoms. The van der Waals surface area contributed by atoms with Crippen molar-refractivity contribution in [2.45, 2.75) is 79.4 Å². The predicted octanol–water partition coefficient (Wildman–Crippen LogP) is 4.84. The van der Waals surface area contributed by atoms with Crippen LogP contribution in [-0.4, -0.2) is 28.0 Å². The summed E-state index contributed by atoms with van der Waals surface area (Å²) in [7, 11) is 0. The van der Waals surface area contributed by atoms with E-state index in [-0.39, 0.29) is 11.9 Å². The molecule has 2 aromatic rings. The SMILES string of the molecule is CCCC(C)Nc1nc(C)cc(N[C@@H](CC(C)C)C(=O)NCc2ccc(C)cc2)n1. The Hall–Kier alpha value is -2.63. The third kappa shape index (κ3) is 8.01. The Morgan fingerprint density at radius 3 is 2.37 bits per heavy atom. The summed E-state index contributed by atoms with van der Waals surface area (Å²) in [6, 6.07) is 10.0. The van der Waals surface area contributed by atoms with Crippen LogP contribution in [0.3, 0.4) is 0 Å². The zero-order valence-electron chi connectivity index (χ0n) is 19.2. The van der Waals surface area contributed by atoms with Crippen LogP contribution in [0, 0.1) is 19.8 Å². The van der Waals surface area contributed by atoms with Crippen molar-refractivity contribution in [1.29, 1.82) is 0 Å². The topological polar surface area (TPSA) is 78.9 Å². The molecule has 164 valence electrons. The van der Waals surface area contributed by atoms with E-state index in [0.717, 1.165) is 30.5 Å². The molecule has 1 aromatic carbocycles. The molecule has 0 aliphatic heterocycles. The van der Waals surface area contributed by atoms with Crippen molar-refractivity contribution in [1.82, 2.24) is 15.3 Å². The Balaban J connectivity index is 2.08. The van der Waals surface area contributed by atoms with Gasteiger partial charge in [-0.1, -0.05) is 57.0 Å². The fourth-order valence-electron chi connectivity index (χ4n) is 3.33. The minimum absolute atomic E-state index is 0.0191. The lowest BCUT2D eigenvalue weighted by molar-refractivity contribution is -0.122. The van der Waals surface area contributed by atoms with E-state index in [1.807, 2.05) is 25.1 Å². The Morgan fingerprint density at radius 2 is 1.73 bits per heavy atom. The van der Waals surface area contributed by atoms with E-state index >= 15 is 0 Å². The fraction of sp³-hybridized carbons (Fsp3) is 0.542. The third-order valence-corrected chi connectivity index (χ3v) is 4.88. The number of aromatic nitrogens is 2. The molecule has 1 aromatic heterocycles. The molecule has 30 heavy (non-hydrogen) atoms. The van der Waals surface area contributed by atoms with E-state index in [2.05, 4.69) is 72.7 Å². The molecule has 1 amide bonds. The first-order chi connectivity index (χ1) is 14.3. The van der Waals surface area contributed by atoms with Gasteiger partial charge in [-0.25, -0.2) is 4.98 Å². The van der Waals surface area contributed by atoms with Gasteiger partial charge in [-0.3, -0.25) is 4.79 Å². The highest BCUT2D eigenvalue weighted by Crippen LogP contribution is 2.16. The second-order valence-electron chi connectivity index (χ2n) is 8.58. The number of carbonyl (C=O) groups is 1. The first-order valence-electron chi connectivity index (χ1n) is 11.0. The average Bonchev–Trinajstić information content (AvgIpc) is 2.66. The molecule has 0 saturated heterocycles. The van der Waals surface area contributed by atoms with Crippen LogP contribution in [0.5, 0.6) is 0 Å². The predicted molar refractivity (Wildman–Crippen MR) is 125 cm³/mol. The smallest absolute Gasteiger partial charge is 0.242 e. The highest BCUT2D eigenvalue weighted by atomic mass is 16.2. The van der Waals surface area contributed by atoms with Crippen LogP contribution in [-0.2, 0) is 11.3 Å². The summed E-state index contributed by atoms with van der Waals surface area (Å²) >= 11 is 0. The van der Waals surface area contributed by atoms with E-state index in [0.29, 0.717) is 30.3 Å². The van der Waals surface area contributed by atoms with Crippen LogP contribution in [0.2, 0.25) is 0 Å². The van der Waals surface area contributed by atoms with Gasteiger partial charge in [-0.15, -0.1) is 0 Å². The summed E-state index contributed by atoms with van der Waals surface area (Å²) in [4.78, 5) is 22.0. The largest absolute Gasteiger partial charge is 0.358 e. The maximum absolute atomic E-state index is 12.9. The van der Waals surface area contributed by atoms with Crippen molar-refractivity contribution in [3.63, 3.8) is 0 Å². The van der Waals surface area contributed by atoms with E-state index in [1.165, 1.54) is 5.56 Å². The molecule has 2 rings (SSSR count). The second kappa shape index (κ2) is 11.5. The highest BCUT2D eigenvalue weighted by molar-refractivity contribution is 5.84. The number of nitrogens with one attached hydrogen (secondary N) is 3. The Kier molecular flexibility index (Phi) is 9.09. The molecule has 6 nitrogen and oxygen atoms in total. The first-order valence-corrected chi connectivity index (χ1v) is 11.0. The number of nitrogens with zero attached hydrogens (tertiary/aromatic N) is 2. The number of rotatable bonds is 11. The second-order valence-corrected chi connectivity index (χ2v) is 8.58. The van der Waals surface area contributed by atoms with Crippen molar-refractivity contribution in [2.75, 3.05) is 10.6 Å². The van der Waals surface area contributed by atoms with Gasteiger partial charge in [0.05, 0.1) is 0 Å². The Morgan fingerprint density at radius 1 is 1.03 bits per heavy atom. The van der Waals surface area contributed by atoms with Crippen molar-refractivity contribution >= 4 is 17.7 Å². The van der Waals surface area contributed by atoms with Crippen LogP contribution < -0.4 is 16.0 Å². The van der Waals surface area contributed by atoms with Gasteiger partial charge in [-0.2, -0.15) is 4.98 Å². The average molecular weight is 412 g/mol. The summed E-state index contributed by atoms with van der Waals surface area (Å²) in [5.41, 5.74) is 3.16. The molecule has 0 bridgehead atoms. The van der Waals surface area contributed by atoms with Crippen LogP contribution in [0.4, 0.5) is 11.8 Å². The number of amides is 1. The maximum Gasteiger partial charge on any atom is 0.242 e. The quantitative estimate of drug-likeness (QED) is 0.493. The zero-order chi connectivity index (χ0) is 22.1. The molecule has 0 saturated carbocycles. The normalized spacial score (nSPS) is 13.0. The summed E-state index contributed by atoms with van der Waals surface area (Å²) in [5, 5.41) is 9.76. The van der Waals surface area contributed by atoms with Crippen LogP contribution in [0.1, 0.15) is 63.8 Å². The van der Waals surface area contributed by atoms with Crippen LogP contribution in [0.25, 0.3) is 0 Å². The molecule has 1 heterocycles. The third-order valence-electron chi connectivity index (χ3n) is 4.88. The molecule has 3 N–H and O–H groups in total. The standard InChI is InChI=1S/C24H37N5O/c1-7-8-18(5)26-24-27-19(6)14-22(29-24)28-21(13-16(2)3)23(30)25-15-20-11-9-17(4)10-12-20/h9-12,14,16,18,21H,7-8,13,15H2,1-6H3,(H,25,30)(H2,26,27,28,29)/t18?,21-/m0/s1. The summed E-state index contributed by atoms with van der Waals surface area (Å²) in [6.45, 7) is 13.0. The minimum atomic E-state index is -0.356. The molecule has 0 fully saturated rings. The minimum Gasteiger partial charge on any atom is -0.358 e. The van der Waals surface area contributed by atoms with Crippen molar-refractivity contribution in [2.24, 2.45) is 5.92 Å². The number of aryl methyl sites for hydroxylation is 2. The van der Waals surface area contributed by atoms with Gasteiger partial charge >= 0.3 is 0 Å². The molecule has 0 spiro atoms. The molecule has 1 unspecified atom stereocenters. The highest BCUT2D eigenvalue weighted by Gasteiger charge is 2.20.